The molecule has 0 spiro atoms. The molecular weight excluding hydrogens is 1310 g/mol. The van der Waals surface area contributed by atoms with E-state index in [-0.39, 0.29) is 60.8 Å². The highest BCUT2D eigenvalue weighted by Crippen LogP contribution is 2.44. The summed E-state index contributed by atoms with van der Waals surface area (Å²) < 4.78 is 24.0. The van der Waals surface area contributed by atoms with E-state index in [9.17, 15) is 24.0 Å². The van der Waals surface area contributed by atoms with Crippen molar-refractivity contribution in [1.29, 1.82) is 0 Å². The summed E-state index contributed by atoms with van der Waals surface area (Å²) in [5.41, 5.74) is 16.7. The lowest BCUT2D eigenvalue weighted by Gasteiger charge is -2.34. The number of aryl methyl sites for hydroxylation is 6. The molecule has 2 saturated carbocycles. The van der Waals surface area contributed by atoms with Gasteiger partial charge in [-0.25, -0.2) is 29.3 Å². The Morgan fingerprint density at radius 3 is 1.72 bits per heavy atom. The second-order valence-corrected chi connectivity index (χ2v) is 29.1. The molecule has 8 heterocycles. The number of amides is 4. The predicted octanol–water partition coefficient (Wildman–Crippen LogP) is 15.9. The van der Waals surface area contributed by atoms with Crippen molar-refractivity contribution in [2.24, 2.45) is 11.8 Å². The van der Waals surface area contributed by atoms with Crippen molar-refractivity contribution < 1.29 is 38.2 Å². The first-order chi connectivity index (χ1) is 50.5. The van der Waals surface area contributed by atoms with Crippen molar-refractivity contribution in [1.82, 2.24) is 48.7 Å². The molecule has 544 valence electrons. The van der Waals surface area contributed by atoms with E-state index in [1.165, 1.54) is 81.2 Å². The Morgan fingerprint density at radius 2 is 1.13 bits per heavy atom. The van der Waals surface area contributed by atoms with Gasteiger partial charge in [-0.05, 0) is 183 Å². The van der Waals surface area contributed by atoms with Crippen LogP contribution in [0.25, 0.3) is 33.1 Å². The zero-order valence-corrected chi connectivity index (χ0v) is 61.7. The van der Waals surface area contributed by atoms with Crippen LogP contribution in [0.15, 0.2) is 134 Å². The Morgan fingerprint density at radius 1 is 0.567 bits per heavy atom. The topological polar surface area (TPSA) is 219 Å². The van der Waals surface area contributed by atoms with Gasteiger partial charge in [-0.15, -0.1) is 0 Å². The summed E-state index contributed by atoms with van der Waals surface area (Å²) in [6, 6.07) is 38.1. The van der Waals surface area contributed by atoms with Gasteiger partial charge < -0.3 is 33.2 Å². The molecule has 0 unspecified atom stereocenters. The van der Waals surface area contributed by atoms with E-state index in [1.807, 2.05) is 52.7 Å². The van der Waals surface area contributed by atoms with Crippen LogP contribution in [-0.4, -0.2) is 113 Å². The summed E-state index contributed by atoms with van der Waals surface area (Å²) in [4.78, 5) is 87.8. The molecule has 15 rings (SSSR count). The second-order valence-electron chi connectivity index (χ2n) is 29.1. The van der Waals surface area contributed by atoms with Crippen molar-refractivity contribution in [2.75, 3.05) is 36.0 Å². The zero-order chi connectivity index (χ0) is 72.7. The molecule has 21 nitrogen and oxygen atoms in total. The number of methoxy groups -OCH3 is 3. The number of aromatic nitrogens is 9. The van der Waals surface area contributed by atoms with Crippen molar-refractivity contribution in [3.05, 3.63) is 190 Å². The quantitative estimate of drug-likeness (QED) is 0.0946. The molecule has 5 aromatic heterocycles. The van der Waals surface area contributed by atoms with Gasteiger partial charge in [0.1, 0.15) is 29.8 Å². The fraction of sp³-hybridized carbons (Fsp3) is 0.446. The molecule has 5 aromatic carbocycles. The Kier molecular flexibility index (Phi) is 22.4. The number of ether oxygens (including phenoxy) is 3. The summed E-state index contributed by atoms with van der Waals surface area (Å²) in [7, 11) is 4.29. The van der Waals surface area contributed by atoms with Crippen LogP contribution in [-0.2, 0) is 82.0 Å². The van der Waals surface area contributed by atoms with Gasteiger partial charge in [0.25, 0.3) is 0 Å². The normalized spacial score (nSPS) is 19.0. The van der Waals surface area contributed by atoms with Crippen LogP contribution < -0.4 is 20.0 Å². The number of nitrogens with zero attached hydrogens (tertiary/aromatic N) is 12. The Labute approximate surface area is 609 Å². The summed E-state index contributed by atoms with van der Waals surface area (Å²) in [6.07, 6.45) is 24.0. The van der Waals surface area contributed by atoms with Gasteiger partial charge >= 0.3 is 18.3 Å². The van der Waals surface area contributed by atoms with E-state index in [2.05, 4.69) is 131 Å². The standard InChI is InChI=1S/C29H35N3O3.C28H35N3O2.C26H29N7O3/c1-18-7-5-8-21(15-18)16-27-30-28-24-12-11-19(2)31(29(34)35-4)25(24)13-14-26(28)32(27)23-10-6-9-22(17-23)20(3)33;1-19-14-15-23-24(30(19)28(32)33-3)16-17-25-27(23)29-26(18-21-10-6-4-7-11-21)31(25)20(2)22-12-8-5-9-13-22;1-18-6-7-20-21(33(18)26(35)36-2)8-9-22-25(20)30-23(10-14-31-13-4-12-29-31)32(22)17-24(34)28-16-19-5-3-11-27-15-19/h5,7-8,13-15,19,22-23H,6,9-12,16-17H2,1-4H3;4,6-7,10-11,16-17,19-20,22H,5,8-9,12-15,18H2,1-3H3;3-5,8-9,11-13,15,18H,6-7,10,14,16-17H2,1-2H3,(H,28,34)/t19-,22+,23+;19-,20-;18-/m000/s1. The lowest BCUT2D eigenvalue weighted by Crippen LogP contribution is -2.42. The minimum absolute atomic E-state index is 0.0297. The van der Waals surface area contributed by atoms with E-state index >= 15 is 0 Å². The SMILES string of the molecule is COC(=O)N1c2ccc3c(nc(CCn4cccn4)n3CC(=O)NCc3cccnc3)c2CC[C@@H]1C.COC(=O)N1c2ccc3c(nc(Cc4cccc(C)c4)n3[C@@H]3CCC[C@@H](C(C)=O)C3)c2CC[C@@H]1C.COC(=O)N1c2ccc3c(nc(Cc4ccccc4)n3[C@@H](C)C3CCCCC3)c2CC[C@@H]1C. The number of pyridine rings is 1. The predicted molar refractivity (Wildman–Crippen MR) is 405 cm³/mol. The maximum Gasteiger partial charge on any atom is 0.414 e. The largest absolute Gasteiger partial charge is 0.452 e. The van der Waals surface area contributed by atoms with E-state index in [0.29, 0.717) is 37.3 Å². The number of carbonyl (C=O) groups is 5. The lowest BCUT2D eigenvalue weighted by molar-refractivity contribution is -0.122. The zero-order valence-electron chi connectivity index (χ0n) is 61.7. The number of Topliss-reactive ketones (excluding diaryl/α,β-unsaturated/α-hetero) is 1. The second kappa shape index (κ2) is 32.2. The number of hydrogen-bond acceptors (Lipinski definition) is 13. The summed E-state index contributed by atoms with van der Waals surface area (Å²) in [5, 5.41) is 7.27. The van der Waals surface area contributed by atoms with Crippen molar-refractivity contribution in [2.45, 2.75) is 207 Å². The maximum atomic E-state index is 13.0. The molecule has 0 bridgehead atoms. The number of carbonyl (C=O) groups excluding carboxylic acids is 5. The molecule has 104 heavy (non-hydrogen) atoms. The smallest absolute Gasteiger partial charge is 0.414 e. The van der Waals surface area contributed by atoms with Gasteiger partial charge in [0.05, 0.1) is 71.5 Å². The third-order valence-corrected chi connectivity index (χ3v) is 22.4. The Hall–Kier alpha value is -10.2. The molecule has 2 fully saturated rings. The summed E-state index contributed by atoms with van der Waals surface area (Å²) in [6.45, 7) is 13.6. The minimum Gasteiger partial charge on any atom is -0.452 e. The van der Waals surface area contributed by atoms with Crippen LogP contribution in [0.1, 0.15) is 180 Å². The van der Waals surface area contributed by atoms with Gasteiger partial charge in [0.15, 0.2) is 0 Å². The van der Waals surface area contributed by atoms with Gasteiger partial charge in [-0.3, -0.25) is 34.0 Å². The number of hydrogen-bond donors (Lipinski definition) is 1. The first-order valence-electron chi connectivity index (χ1n) is 37.4. The molecular formula is C83H99N13O8. The highest BCUT2D eigenvalue weighted by Gasteiger charge is 2.37. The van der Waals surface area contributed by atoms with Crippen molar-refractivity contribution >= 4 is 80.1 Å². The lowest BCUT2D eigenvalue weighted by atomic mass is 9.83. The highest BCUT2D eigenvalue weighted by molar-refractivity contribution is 5.98. The monoisotopic (exact) mass is 1410 g/mol. The fourth-order valence-electron chi connectivity index (χ4n) is 16.9. The number of anilines is 3. The Balaban J connectivity index is 0.000000139. The first-order valence-corrected chi connectivity index (χ1v) is 37.4. The number of fused-ring (bicyclic) bond motifs is 9. The minimum atomic E-state index is -0.379. The van der Waals surface area contributed by atoms with Crippen LogP contribution in [0, 0.1) is 18.8 Å². The van der Waals surface area contributed by atoms with Gasteiger partial charge in [-0.2, -0.15) is 5.10 Å². The molecule has 2 aliphatic carbocycles. The van der Waals surface area contributed by atoms with E-state index < -0.39 is 0 Å². The highest BCUT2D eigenvalue weighted by atomic mass is 16.6. The maximum absolute atomic E-state index is 13.0. The number of imidazole rings is 3. The Bertz CT molecular complexity index is 4710. The van der Waals surface area contributed by atoms with Crippen LogP contribution >= 0.6 is 0 Å². The first kappa shape index (κ1) is 72.2. The number of rotatable bonds is 15. The van der Waals surface area contributed by atoms with Gasteiger partial charge in [0, 0.05) is 110 Å². The molecule has 4 amide bonds. The van der Waals surface area contributed by atoms with E-state index in [0.717, 1.165) is 156 Å². The third kappa shape index (κ3) is 15.3. The van der Waals surface area contributed by atoms with Crippen molar-refractivity contribution in [3.8, 4) is 0 Å². The summed E-state index contributed by atoms with van der Waals surface area (Å²) >= 11 is 0. The number of nitrogens with one attached hydrogen (secondary N) is 1. The molecule has 3 aliphatic heterocycles. The van der Waals surface area contributed by atoms with E-state index in [1.54, 1.807) is 40.2 Å². The molecule has 1 N–H and O–H groups in total. The number of benzene rings is 5. The molecule has 0 saturated heterocycles. The average Bonchev–Trinajstić information content (AvgIpc) is 1.36. The van der Waals surface area contributed by atoms with Crippen LogP contribution in [0.4, 0.5) is 31.4 Å². The number of ketones is 1. The molecule has 0 radical (unpaired) electrons. The van der Waals surface area contributed by atoms with Crippen LogP contribution in [0.5, 0.6) is 0 Å². The molecule has 10 aromatic rings. The third-order valence-electron chi connectivity index (χ3n) is 22.4. The summed E-state index contributed by atoms with van der Waals surface area (Å²) in [5.74, 6) is 3.95. The van der Waals surface area contributed by atoms with Gasteiger partial charge in [-0.1, -0.05) is 91.9 Å². The molecule has 6 atom stereocenters. The fourth-order valence-corrected chi connectivity index (χ4v) is 16.9. The van der Waals surface area contributed by atoms with Gasteiger partial charge in [0.2, 0.25) is 5.91 Å². The van der Waals surface area contributed by atoms with Crippen LogP contribution in [0.2, 0.25) is 0 Å². The van der Waals surface area contributed by atoms with Crippen molar-refractivity contribution in [3.63, 3.8) is 0 Å². The average molecular weight is 1410 g/mol. The van der Waals surface area contributed by atoms with Crippen LogP contribution in [0.3, 0.4) is 0 Å². The molecule has 5 aliphatic rings. The van der Waals surface area contributed by atoms with E-state index in [4.69, 9.17) is 29.2 Å². The molecule has 21 heteroatoms.